The van der Waals surface area contributed by atoms with Gasteiger partial charge in [0.25, 0.3) is 0 Å². The fourth-order valence-corrected chi connectivity index (χ4v) is 1.38. The highest BCUT2D eigenvalue weighted by molar-refractivity contribution is 6.28. The van der Waals surface area contributed by atoms with Crippen LogP contribution in [-0.2, 0) is 4.74 Å². The van der Waals surface area contributed by atoms with Gasteiger partial charge in [-0.05, 0) is 18.0 Å². The summed E-state index contributed by atoms with van der Waals surface area (Å²) in [6.07, 6.45) is 2.48. The van der Waals surface area contributed by atoms with Gasteiger partial charge in [-0.2, -0.15) is 10.1 Å². The van der Waals surface area contributed by atoms with Gasteiger partial charge in [-0.1, -0.05) is 0 Å². The van der Waals surface area contributed by atoms with Crippen molar-refractivity contribution in [1.29, 1.82) is 0 Å². The topological polar surface area (TPSA) is 57.1 Å². The molecule has 0 spiro atoms. The zero-order valence-electron chi connectivity index (χ0n) is 7.52. The van der Waals surface area contributed by atoms with Gasteiger partial charge < -0.3 is 9.47 Å². The van der Waals surface area contributed by atoms with E-state index in [0.717, 1.165) is 19.6 Å². The van der Waals surface area contributed by atoms with Crippen molar-refractivity contribution in [3.05, 3.63) is 11.5 Å². The number of nitrogens with zero attached hydrogens (tertiary/aromatic N) is 3. The van der Waals surface area contributed by atoms with Gasteiger partial charge in [0, 0.05) is 12.5 Å². The smallest absolute Gasteiger partial charge is 0.246 e. The molecule has 0 saturated carbocycles. The molecule has 1 aromatic rings. The highest BCUT2D eigenvalue weighted by Crippen LogP contribution is 2.14. The fourth-order valence-electron chi connectivity index (χ4n) is 1.26. The highest BCUT2D eigenvalue weighted by Gasteiger charge is 2.16. The number of hydrogen-bond donors (Lipinski definition) is 0. The summed E-state index contributed by atoms with van der Waals surface area (Å²) in [5.74, 6) is 0.862. The Hall–Kier alpha value is -0.940. The molecule has 14 heavy (non-hydrogen) atoms. The third-order valence-electron chi connectivity index (χ3n) is 2.00. The molecule has 1 atom stereocenters. The Bertz CT molecular complexity index is 304. The van der Waals surface area contributed by atoms with E-state index in [1.165, 1.54) is 6.20 Å². The molecule has 1 aromatic heterocycles. The third kappa shape index (κ3) is 2.52. The number of ether oxygens (including phenoxy) is 2. The molecule has 76 valence electrons. The van der Waals surface area contributed by atoms with Crippen molar-refractivity contribution in [2.24, 2.45) is 5.92 Å². The summed E-state index contributed by atoms with van der Waals surface area (Å²) in [6.45, 7) is 2.16. The molecule has 1 saturated heterocycles. The quantitative estimate of drug-likeness (QED) is 0.751. The Kier molecular flexibility index (Phi) is 3.10. The molecule has 2 rings (SSSR count). The minimum Gasteiger partial charge on any atom is -0.476 e. The van der Waals surface area contributed by atoms with Crippen LogP contribution < -0.4 is 4.74 Å². The number of aromatic nitrogens is 3. The van der Waals surface area contributed by atoms with Crippen molar-refractivity contribution < 1.29 is 9.47 Å². The normalized spacial score (nSPS) is 21.1. The molecule has 0 bridgehead atoms. The number of hydrogen-bond acceptors (Lipinski definition) is 5. The van der Waals surface area contributed by atoms with Crippen LogP contribution in [0.25, 0.3) is 0 Å². The minimum atomic E-state index is 0.102. The lowest BCUT2D eigenvalue weighted by molar-refractivity contribution is 0.165. The third-order valence-corrected chi connectivity index (χ3v) is 2.16. The van der Waals surface area contributed by atoms with Gasteiger partial charge in [0.15, 0.2) is 0 Å². The maximum atomic E-state index is 5.55. The largest absolute Gasteiger partial charge is 0.476 e. The van der Waals surface area contributed by atoms with Crippen LogP contribution in [-0.4, -0.2) is 35.0 Å². The van der Waals surface area contributed by atoms with E-state index in [9.17, 15) is 0 Å². The van der Waals surface area contributed by atoms with E-state index in [1.807, 2.05) is 0 Å². The first-order valence-corrected chi connectivity index (χ1v) is 4.78. The summed E-state index contributed by atoms with van der Waals surface area (Å²) in [4.78, 5) is 3.86. The van der Waals surface area contributed by atoms with Gasteiger partial charge >= 0.3 is 0 Å². The predicted octanol–water partition coefficient (Wildman–Crippen LogP) is 0.940. The van der Waals surface area contributed by atoms with Crippen LogP contribution in [0.5, 0.6) is 5.88 Å². The summed E-state index contributed by atoms with van der Waals surface area (Å²) in [5, 5.41) is 7.25. The molecule has 0 amide bonds. The molecule has 0 radical (unpaired) electrons. The van der Waals surface area contributed by atoms with Crippen molar-refractivity contribution >= 4 is 11.6 Å². The molecule has 2 heterocycles. The summed E-state index contributed by atoms with van der Waals surface area (Å²) in [6, 6.07) is 0. The Balaban J connectivity index is 1.85. The van der Waals surface area contributed by atoms with Gasteiger partial charge in [0.1, 0.15) is 6.20 Å². The van der Waals surface area contributed by atoms with Gasteiger partial charge in [0.05, 0.1) is 13.2 Å². The lowest BCUT2D eigenvalue weighted by Gasteiger charge is -2.08. The lowest BCUT2D eigenvalue weighted by atomic mass is 10.1. The standard InChI is InChI=1S/C8H10ClN3O2/c9-8-11-7(3-10-12-8)14-5-6-1-2-13-4-6/h3,6H,1-2,4-5H2. The van der Waals surface area contributed by atoms with E-state index < -0.39 is 0 Å². The van der Waals surface area contributed by atoms with E-state index in [4.69, 9.17) is 21.1 Å². The van der Waals surface area contributed by atoms with Crippen LogP contribution in [0.1, 0.15) is 6.42 Å². The first kappa shape index (κ1) is 9.61. The maximum Gasteiger partial charge on any atom is 0.246 e. The van der Waals surface area contributed by atoms with Crippen LogP contribution in [0.2, 0.25) is 5.28 Å². The highest BCUT2D eigenvalue weighted by atomic mass is 35.5. The van der Waals surface area contributed by atoms with Crippen LogP contribution in [0.3, 0.4) is 0 Å². The Morgan fingerprint density at radius 2 is 2.57 bits per heavy atom. The molecular weight excluding hydrogens is 206 g/mol. The lowest BCUT2D eigenvalue weighted by Crippen LogP contribution is -2.12. The molecule has 1 aliphatic heterocycles. The van der Waals surface area contributed by atoms with Crippen molar-refractivity contribution in [2.45, 2.75) is 6.42 Å². The average Bonchev–Trinajstić information content (AvgIpc) is 2.67. The molecule has 1 unspecified atom stereocenters. The summed E-state index contributed by atoms with van der Waals surface area (Å²) >= 11 is 5.55. The van der Waals surface area contributed by atoms with E-state index >= 15 is 0 Å². The summed E-state index contributed by atoms with van der Waals surface area (Å²) in [5.41, 5.74) is 0. The van der Waals surface area contributed by atoms with E-state index in [2.05, 4.69) is 15.2 Å². The second-order valence-corrected chi connectivity index (χ2v) is 3.44. The molecule has 0 aliphatic carbocycles. The van der Waals surface area contributed by atoms with Crippen molar-refractivity contribution in [3.63, 3.8) is 0 Å². The predicted molar refractivity (Wildman–Crippen MR) is 49.3 cm³/mol. The Morgan fingerprint density at radius 3 is 3.29 bits per heavy atom. The molecule has 1 aliphatic rings. The number of halogens is 1. The summed E-state index contributed by atoms with van der Waals surface area (Å²) in [7, 11) is 0. The second kappa shape index (κ2) is 4.52. The molecule has 6 heteroatoms. The van der Waals surface area contributed by atoms with Crippen LogP contribution >= 0.6 is 11.6 Å². The Labute approximate surface area is 86.4 Å². The first-order chi connectivity index (χ1) is 6.84. The SMILES string of the molecule is Clc1nncc(OCC2CCOC2)n1. The van der Waals surface area contributed by atoms with Gasteiger partial charge in [0.2, 0.25) is 11.2 Å². The zero-order chi connectivity index (χ0) is 9.80. The Morgan fingerprint density at radius 1 is 1.64 bits per heavy atom. The van der Waals surface area contributed by atoms with Crippen molar-refractivity contribution in [2.75, 3.05) is 19.8 Å². The van der Waals surface area contributed by atoms with E-state index in [-0.39, 0.29) is 5.28 Å². The van der Waals surface area contributed by atoms with Crippen LogP contribution in [0.4, 0.5) is 0 Å². The van der Waals surface area contributed by atoms with Crippen molar-refractivity contribution in [1.82, 2.24) is 15.2 Å². The van der Waals surface area contributed by atoms with Gasteiger partial charge in [-0.15, -0.1) is 5.10 Å². The van der Waals surface area contributed by atoms with Gasteiger partial charge in [-0.25, -0.2) is 0 Å². The van der Waals surface area contributed by atoms with Crippen molar-refractivity contribution in [3.8, 4) is 5.88 Å². The fraction of sp³-hybridized carbons (Fsp3) is 0.625. The molecular formula is C8H10ClN3O2. The zero-order valence-corrected chi connectivity index (χ0v) is 8.28. The molecule has 1 fully saturated rings. The van der Waals surface area contributed by atoms with E-state index in [1.54, 1.807) is 0 Å². The van der Waals surface area contributed by atoms with E-state index in [0.29, 0.717) is 18.4 Å². The molecule has 5 nitrogen and oxygen atoms in total. The monoisotopic (exact) mass is 215 g/mol. The van der Waals surface area contributed by atoms with Crippen LogP contribution in [0, 0.1) is 5.92 Å². The maximum absolute atomic E-state index is 5.55. The number of rotatable bonds is 3. The van der Waals surface area contributed by atoms with Crippen LogP contribution in [0.15, 0.2) is 6.20 Å². The minimum absolute atomic E-state index is 0.102. The average molecular weight is 216 g/mol. The molecule has 0 aromatic carbocycles. The summed E-state index contributed by atoms with van der Waals surface area (Å²) < 4.78 is 10.6. The second-order valence-electron chi connectivity index (χ2n) is 3.10. The first-order valence-electron chi connectivity index (χ1n) is 4.40. The van der Waals surface area contributed by atoms with Gasteiger partial charge in [-0.3, -0.25) is 0 Å². The molecule has 0 N–H and O–H groups in total.